The number of likely N-dealkylation sites (tertiary alicyclic amines) is 1. The summed E-state index contributed by atoms with van der Waals surface area (Å²) in [6.45, 7) is -0.290. The molecule has 1 aromatic rings. The van der Waals surface area contributed by atoms with Gasteiger partial charge in [0.1, 0.15) is 0 Å². The number of nitrogens with zero attached hydrogens (tertiary/aromatic N) is 2. The Bertz CT molecular complexity index is 653. The quantitative estimate of drug-likeness (QED) is 0.696. The van der Waals surface area contributed by atoms with Crippen molar-refractivity contribution in [3.63, 3.8) is 0 Å². The van der Waals surface area contributed by atoms with E-state index in [-0.39, 0.29) is 23.3 Å². The Labute approximate surface area is 152 Å². The van der Waals surface area contributed by atoms with Crippen molar-refractivity contribution in [2.24, 2.45) is 5.92 Å². The molecular weight excluding hydrogens is 342 g/mol. The molecule has 7 heteroatoms. The molecule has 0 unspecified atom stereocenters. The van der Waals surface area contributed by atoms with Crippen molar-refractivity contribution in [1.29, 1.82) is 0 Å². The lowest BCUT2D eigenvalue weighted by Gasteiger charge is -2.32. The number of halogens is 2. The van der Waals surface area contributed by atoms with Crippen molar-refractivity contribution in [2.45, 2.75) is 26.0 Å². The molecule has 1 saturated heterocycles. The van der Waals surface area contributed by atoms with Gasteiger partial charge in [-0.1, -0.05) is 12.0 Å². The molecule has 0 radical (unpaired) electrons. The summed E-state index contributed by atoms with van der Waals surface area (Å²) in [5.41, 5.74) is 0.782. The van der Waals surface area contributed by atoms with E-state index in [4.69, 9.17) is 11.2 Å². The number of amides is 1. The number of ether oxygens (including phenoxy) is 2. The summed E-state index contributed by atoms with van der Waals surface area (Å²) in [6, 6.07) is 4.69. The van der Waals surface area contributed by atoms with E-state index in [0.717, 1.165) is 31.5 Å². The second kappa shape index (κ2) is 9.39. The van der Waals surface area contributed by atoms with Crippen molar-refractivity contribution >= 4 is 5.91 Å². The van der Waals surface area contributed by atoms with Crippen LogP contribution in [-0.2, 0) is 11.3 Å². The zero-order valence-electron chi connectivity index (χ0n) is 15.1. The maximum Gasteiger partial charge on any atom is 0.387 e. The molecule has 0 N–H and O–H groups in total. The van der Waals surface area contributed by atoms with E-state index < -0.39 is 6.61 Å². The lowest BCUT2D eigenvalue weighted by atomic mass is 9.95. The van der Waals surface area contributed by atoms with Gasteiger partial charge < -0.3 is 14.4 Å². The third-order valence-electron chi connectivity index (χ3n) is 4.49. The Kier molecular flexibility index (Phi) is 7.22. The van der Waals surface area contributed by atoms with Crippen LogP contribution in [0, 0.1) is 18.3 Å². The Morgan fingerprint density at radius 2 is 2.08 bits per heavy atom. The predicted octanol–water partition coefficient (Wildman–Crippen LogP) is 2.60. The maximum absolute atomic E-state index is 12.6. The Morgan fingerprint density at radius 3 is 2.65 bits per heavy atom. The average molecular weight is 366 g/mol. The number of benzene rings is 1. The van der Waals surface area contributed by atoms with Crippen LogP contribution in [0.3, 0.4) is 0 Å². The van der Waals surface area contributed by atoms with Gasteiger partial charge in [-0.25, -0.2) is 0 Å². The number of piperidine rings is 1. The van der Waals surface area contributed by atoms with Gasteiger partial charge in [0.2, 0.25) is 5.91 Å². The third kappa shape index (κ3) is 5.33. The van der Waals surface area contributed by atoms with E-state index in [0.29, 0.717) is 13.1 Å². The number of hydrogen-bond donors (Lipinski definition) is 0. The largest absolute Gasteiger partial charge is 0.493 e. The molecule has 142 valence electrons. The molecule has 0 atom stereocenters. The smallest absolute Gasteiger partial charge is 0.387 e. The summed E-state index contributed by atoms with van der Waals surface area (Å²) >= 11 is 0. The maximum atomic E-state index is 12.6. The molecule has 26 heavy (non-hydrogen) atoms. The Morgan fingerprint density at radius 1 is 1.38 bits per heavy atom. The zero-order chi connectivity index (χ0) is 19.1. The summed E-state index contributed by atoms with van der Waals surface area (Å²) in [5.74, 6) is 2.88. The number of terminal acetylenes is 1. The molecular formula is C19H24F2N2O3. The van der Waals surface area contributed by atoms with E-state index in [1.807, 2.05) is 0 Å². The minimum absolute atomic E-state index is 0.0163. The lowest BCUT2D eigenvalue weighted by molar-refractivity contribution is -0.136. The summed E-state index contributed by atoms with van der Waals surface area (Å²) in [6.07, 6.45) is 6.90. The van der Waals surface area contributed by atoms with Crippen LogP contribution in [-0.4, -0.2) is 56.1 Å². The van der Waals surface area contributed by atoms with E-state index >= 15 is 0 Å². The van der Waals surface area contributed by atoms with Crippen molar-refractivity contribution < 1.29 is 23.0 Å². The topological polar surface area (TPSA) is 42.0 Å². The second-order valence-electron chi connectivity index (χ2n) is 6.31. The molecule has 0 saturated carbocycles. The summed E-state index contributed by atoms with van der Waals surface area (Å²) in [7, 11) is 3.13. The molecule has 1 aliphatic rings. The van der Waals surface area contributed by atoms with Gasteiger partial charge in [-0.05, 0) is 43.6 Å². The fourth-order valence-electron chi connectivity index (χ4n) is 3.13. The molecule has 1 aromatic carbocycles. The SMILES string of the molecule is C#CCN1CCC(C(=O)N(C)Cc2ccc(OC(F)F)c(OC)c2)CC1. The fraction of sp³-hybridized carbons (Fsp3) is 0.526. The van der Waals surface area contributed by atoms with Gasteiger partial charge >= 0.3 is 6.61 Å². The van der Waals surface area contributed by atoms with Gasteiger partial charge in [0, 0.05) is 19.5 Å². The van der Waals surface area contributed by atoms with Crippen LogP contribution in [0.25, 0.3) is 0 Å². The molecule has 5 nitrogen and oxygen atoms in total. The molecule has 1 amide bonds. The molecule has 1 aliphatic heterocycles. The van der Waals surface area contributed by atoms with Crippen LogP contribution < -0.4 is 9.47 Å². The lowest BCUT2D eigenvalue weighted by Crippen LogP contribution is -2.41. The Balaban J connectivity index is 1.95. The van der Waals surface area contributed by atoms with Gasteiger partial charge in [-0.15, -0.1) is 6.42 Å². The predicted molar refractivity (Wildman–Crippen MR) is 94.1 cm³/mol. The minimum Gasteiger partial charge on any atom is -0.493 e. The van der Waals surface area contributed by atoms with Gasteiger partial charge in [-0.3, -0.25) is 9.69 Å². The number of carbonyl (C=O) groups is 1. The molecule has 0 spiro atoms. The van der Waals surface area contributed by atoms with Crippen LogP contribution in [0.2, 0.25) is 0 Å². The van der Waals surface area contributed by atoms with Crippen LogP contribution in [0.5, 0.6) is 11.5 Å². The van der Waals surface area contributed by atoms with Crippen LogP contribution in [0.1, 0.15) is 18.4 Å². The Hall–Kier alpha value is -2.33. The highest BCUT2D eigenvalue weighted by Gasteiger charge is 2.27. The number of methoxy groups -OCH3 is 1. The van der Waals surface area contributed by atoms with E-state index in [9.17, 15) is 13.6 Å². The van der Waals surface area contributed by atoms with Crippen molar-refractivity contribution in [2.75, 3.05) is 33.8 Å². The minimum atomic E-state index is -2.92. The monoisotopic (exact) mass is 366 g/mol. The molecule has 0 aliphatic carbocycles. The highest BCUT2D eigenvalue weighted by molar-refractivity contribution is 5.78. The highest BCUT2D eigenvalue weighted by atomic mass is 19.3. The van der Waals surface area contributed by atoms with Crippen LogP contribution in [0.4, 0.5) is 8.78 Å². The van der Waals surface area contributed by atoms with E-state index in [1.165, 1.54) is 13.2 Å². The average Bonchev–Trinajstić information content (AvgIpc) is 2.62. The molecule has 0 aromatic heterocycles. The first-order valence-corrected chi connectivity index (χ1v) is 8.47. The molecule has 1 heterocycles. The van der Waals surface area contributed by atoms with Crippen LogP contribution in [0.15, 0.2) is 18.2 Å². The van der Waals surface area contributed by atoms with Gasteiger partial charge in [-0.2, -0.15) is 8.78 Å². The number of carbonyl (C=O) groups excluding carboxylic acids is 1. The second-order valence-corrected chi connectivity index (χ2v) is 6.31. The number of hydrogen-bond acceptors (Lipinski definition) is 4. The number of rotatable bonds is 7. The first kappa shape index (κ1) is 20.0. The van der Waals surface area contributed by atoms with E-state index in [2.05, 4.69) is 15.6 Å². The van der Waals surface area contributed by atoms with E-state index in [1.54, 1.807) is 24.1 Å². The zero-order valence-corrected chi connectivity index (χ0v) is 15.1. The standard InChI is InChI=1S/C19H24F2N2O3/c1-4-9-23-10-7-15(8-11-23)18(24)22(2)13-14-5-6-16(26-19(20)21)17(12-14)25-3/h1,5-6,12,15,19H,7-11,13H2,2-3H3. The van der Waals surface area contributed by atoms with Crippen molar-refractivity contribution in [3.05, 3.63) is 23.8 Å². The number of alkyl halides is 2. The summed E-state index contributed by atoms with van der Waals surface area (Å²) in [5, 5.41) is 0. The molecule has 0 bridgehead atoms. The fourth-order valence-corrected chi connectivity index (χ4v) is 3.13. The van der Waals surface area contributed by atoms with Crippen molar-refractivity contribution in [3.8, 4) is 23.8 Å². The summed E-state index contributed by atoms with van der Waals surface area (Å²) < 4.78 is 34.3. The van der Waals surface area contributed by atoms with Crippen molar-refractivity contribution in [1.82, 2.24) is 9.80 Å². The summed E-state index contributed by atoms with van der Waals surface area (Å²) in [4.78, 5) is 16.5. The first-order valence-electron chi connectivity index (χ1n) is 8.47. The third-order valence-corrected chi connectivity index (χ3v) is 4.49. The molecule has 2 rings (SSSR count). The van der Waals surface area contributed by atoms with Crippen LogP contribution >= 0.6 is 0 Å². The van der Waals surface area contributed by atoms with Gasteiger partial charge in [0.15, 0.2) is 11.5 Å². The molecule has 1 fully saturated rings. The normalized spacial score (nSPS) is 15.5. The van der Waals surface area contributed by atoms with Gasteiger partial charge in [0.05, 0.1) is 13.7 Å². The first-order chi connectivity index (χ1) is 12.4. The van der Waals surface area contributed by atoms with Gasteiger partial charge in [0.25, 0.3) is 0 Å². The highest BCUT2D eigenvalue weighted by Crippen LogP contribution is 2.30.